The van der Waals surface area contributed by atoms with Gasteiger partial charge in [0.1, 0.15) is 0 Å². The third-order valence-corrected chi connectivity index (χ3v) is 2.60. The number of unbranched alkanes of at least 4 members (excludes halogenated alkanes) is 3. The average molecular weight is 222 g/mol. The maximum Gasteiger partial charge on any atom is 0.335 e. The normalized spacial score (nSPS) is 10.3. The molecule has 0 unspecified atom stereocenters. The van der Waals surface area contributed by atoms with E-state index >= 15 is 0 Å². The number of aliphatic hydroxyl groups is 1. The monoisotopic (exact) mass is 222 g/mol. The van der Waals surface area contributed by atoms with Crippen molar-refractivity contribution >= 4 is 5.97 Å². The van der Waals surface area contributed by atoms with Gasteiger partial charge in [-0.1, -0.05) is 31.0 Å². The summed E-state index contributed by atoms with van der Waals surface area (Å²) < 4.78 is 0. The van der Waals surface area contributed by atoms with E-state index in [-0.39, 0.29) is 6.61 Å². The average Bonchev–Trinajstić information content (AvgIpc) is 2.29. The van der Waals surface area contributed by atoms with Gasteiger partial charge in [-0.15, -0.1) is 0 Å². The number of hydrogen-bond acceptors (Lipinski definition) is 2. The van der Waals surface area contributed by atoms with Gasteiger partial charge in [0.15, 0.2) is 0 Å². The van der Waals surface area contributed by atoms with E-state index in [9.17, 15) is 4.79 Å². The summed E-state index contributed by atoms with van der Waals surface area (Å²) in [7, 11) is 0. The summed E-state index contributed by atoms with van der Waals surface area (Å²) in [5.41, 5.74) is 1.31. The van der Waals surface area contributed by atoms with Crippen LogP contribution in [0.2, 0.25) is 0 Å². The standard InChI is InChI=1S/C13H18O3/c14-10-6-2-1-3-7-11-8-4-5-9-12(11)13(15)16/h4-5,8-9,14H,1-3,6-7,10H2,(H,15,16). The molecule has 0 radical (unpaired) electrons. The zero-order chi connectivity index (χ0) is 11.8. The molecule has 16 heavy (non-hydrogen) atoms. The first-order chi connectivity index (χ1) is 7.75. The lowest BCUT2D eigenvalue weighted by atomic mass is 10.0. The van der Waals surface area contributed by atoms with Crippen LogP contribution in [0.3, 0.4) is 0 Å². The first-order valence-electron chi connectivity index (χ1n) is 5.67. The Kier molecular flexibility index (Phi) is 5.57. The predicted octanol–water partition coefficient (Wildman–Crippen LogP) is 2.48. The first kappa shape index (κ1) is 12.7. The van der Waals surface area contributed by atoms with Crippen molar-refractivity contribution in [2.45, 2.75) is 32.1 Å². The molecule has 0 aromatic heterocycles. The number of hydrogen-bond donors (Lipinski definition) is 2. The number of aromatic carboxylic acids is 1. The molecule has 88 valence electrons. The van der Waals surface area contributed by atoms with Crippen molar-refractivity contribution in [1.29, 1.82) is 0 Å². The number of benzene rings is 1. The lowest BCUT2D eigenvalue weighted by Crippen LogP contribution is -2.02. The minimum atomic E-state index is -0.856. The summed E-state index contributed by atoms with van der Waals surface area (Å²) in [6.07, 6.45) is 4.65. The molecule has 0 saturated heterocycles. The van der Waals surface area contributed by atoms with Gasteiger partial charge in [0.25, 0.3) is 0 Å². The molecule has 1 aromatic rings. The van der Waals surface area contributed by atoms with Crippen molar-refractivity contribution < 1.29 is 15.0 Å². The van der Waals surface area contributed by atoms with Crippen LogP contribution < -0.4 is 0 Å². The summed E-state index contributed by atoms with van der Waals surface area (Å²) in [5, 5.41) is 17.6. The van der Waals surface area contributed by atoms with Gasteiger partial charge in [-0.3, -0.25) is 0 Å². The highest BCUT2D eigenvalue weighted by atomic mass is 16.4. The molecule has 0 saturated carbocycles. The maximum absolute atomic E-state index is 10.9. The highest BCUT2D eigenvalue weighted by molar-refractivity contribution is 5.89. The fourth-order valence-corrected chi connectivity index (χ4v) is 1.73. The summed E-state index contributed by atoms with van der Waals surface area (Å²) in [5.74, 6) is -0.856. The van der Waals surface area contributed by atoms with Gasteiger partial charge in [-0.2, -0.15) is 0 Å². The van der Waals surface area contributed by atoms with Crippen LogP contribution in [0.15, 0.2) is 24.3 Å². The van der Waals surface area contributed by atoms with E-state index in [1.807, 2.05) is 12.1 Å². The molecule has 3 heteroatoms. The van der Waals surface area contributed by atoms with Crippen LogP contribution in [0.25, 0.3) is 0 Å². The zero-order valence-corrected chi connectivity index (χ0v) is 9.35. The molecule has 1 aromatic carbocycles. The Morgan fingerprint density at radius 3 is 2.44 bits per heavy atom. The summed E-state index contributed by atoms with van der Waals surface area (Å²) in [4.78, 5) is 10.9. The first-order valence-corrected chi connectivity index (χ1v) is 5.67. The maximum atomic E-state index is 10.9. The molecular weight excluding hydrogens is 204 g/mol. The highest BCUT2D eigenvalue weighted by Crippen LogP contribution is 2.13. The molecular formula is C13H18O3. The van der Waals surface area contributed by atoms with Crippen molar-refractivity contribution in [2.24, 2.45) is 0 Å². The van der Waals surface area contributed by atoms with Gasteiger partial charge in [0.2, 0.25) is 0 Å². The molecule has 0 bridgehead atoms. The Morgan fingerprint density at radius 2 is 1.75 bits per heavy atom. The van der Waals surface area contributed by atoms with E-state index in [0.717, 1.165) is 37.7 Å². The van der Waals surface area contributed by atoms with Crippen LogP contribution in [-0.2, 0) is 6.42 Å². The van der Waals surface area contributed by atoms with Gasteiger partial charge in [-0.05, 0) is 30.9 Å². The van der Waals surface area contributed by atoms with Crippen molar-refractivity contribution in [2.75, 3.05) is 6.61 Å². The molecule has 2 N–H and O–H groups in total. The minimum Gasteiger partial charge on any atom is -0.478 e. The van der Waals surface area contributed by atoms with Crippen LogP contribution in [0, 0.1) is 0 Å². The van der Waals surface area contributed by atoms with E-state index in [0.29, 0.717) is 5.56 Å². The molecule has 0 aliphatic heterocycles. The van der Waals surface area contributed by atoms with Gasteiger partial charge in [-0.25, -0.2) is 4.79 Å². The van der Waals surface area contributed by atoms with Gasteiger partial charge in [0.05, 0.1) is 5.56 Å². The van der Waals surface area contributed by atoms with Crippen molar-refractivity contribution in [3.63, 3.8) is 0 Å². The zero-order valence-electron chi connectivity index (χ0n) is 9.35. The summed E-state index contributed by atoms with van der Waals surface area (Å²) in [6, 6.07) is 7.13. The van der Waals surface area contributed by atoms with E-state index in [1.54, 1.807) is 12.1 Å². The van der Waals surface area contributed by atoms with Gasteiger partial charge in [0, 0.05) is 6.61 Å². The van der Waals surface area contributed by atoms with Crippen LogP contribution in [0.1, 0.15) is 41.6 Å². The van der Waals surface area contributed by atoms with Crippen LogP contribution in [-0.4, -0.2) is 22.8 Å². The lowest BCUT2D eigenvalue weighted by molar-refractivity contribution is 0.0695. The topological polar surface area (TPSA) is 57.5 Å². The van der Waals surface area contributed by atoms with Crippen molar-refractivity contribution in [3.8, 4) is 0 Å². The molecule has 1 rings (SSSR count). The summed E-state index contributed by atoms with van der Waals surface area (Å²) >= 11 is 0. The number of rotatable bonds is 7. The largest absolute Gasteiger partial charge is 0.478 e. The molecule has 0 atom stereocenters. The third kappa shape index (κ3) is 4.03. The Labute approximate surface area is 95.7 Å². The Balaban J connectivity index is 2.44. The molecule has 3 nitrogen and oxygen atoms in total. The lowest BCUT2D eigenvalue weighted by Gasteiger charge is -2.05. The van der Waals surface area contributed by atoms with Gasteiger partial charge < -0.3 is 10.2 Å². The van der Waals surface area contributed by atoms with Crippen molar-refractivity contribution in [1.82, 2.24) is 0 Å². The second-order valence-corrected chi connectivity index (χ2v) is 3.85. The van der Waals surface area contributed by atoms with Crippen LogP contribution in [0.5, 0.6) is 0 Å². The van der Waals surface area contributed by atoms with Crippen LogP contribution in [0.4, 0.5) is 0 Å². The number of carboxylic acids is 1. The van der Waals surface area contributed by atoms with Gasteiger partial charge >= 0.3 is 5.97 Å². The van der Waals surface area contributed by atoms with E-state index in [4.69, 9.17) is 10.2 Å². The number of carboxylic acid groups (broad SMARTS) is 1. The predicted molar refractivity (Wildman–Crippen MR) is 62.7 cm³/mol. The Hall–Kier alpha value is -1.35. The third-order valence-electron chi connectivity index (χ3n) is 2.60. The second-order valence-electron chi connectivity index (χ2n) is 3.85. The molecule has 0 spiro atoms. The van der Waals surface area contributed by atoms with E-state index < -0.39 is 5.97 Å². The molecule has 0 amide bonds. The Bertz CT molecular complexity index is 334. The molecule has 0 aliphatic carbocycles. The quantitative estimate of drug-likeness (QED) is 0.697. The molecule has 0 fully saturated rings. The SMILES string of the molecule is O=C(O)c1ccccc1CCCCCCO. The van der Waals surface area contributed by atoms with Crippen LogP contribution >= 0.6 is 0 Å². The molecule has 0 aliphatic rings. The Morgan fingerprint density at radius 1 is 1.06 bits per heavy atom. The second kappa shape index (κ2) is 7.01. The molecule has 0 heterocycles. The fraction of sp³-hybridized carbons (Fsp3) is 0.462. The number of aliphatic hydroxyl groups excluding tert-OH is 1. The number of carbonyl (C=O) groups is 1. The number of aryl methyl sites for hydroxylation is 1. The van der Waals surface area contributed by atoms with E-state index in [1.165, 1.54) is 0 Å². The smallest absolute Gasteiger partial charge is 0.335 e. The highest BCUT2D eigenvalue weighted by Gasteiger charge is 2.07. The van der Waals surface area contributed by atoms with Crippen molar-refractivity contribution in [3.05, 3.63) is 35.4 Å². The summed E-state index contributed by atoms with van der Waals surface area (Å²) in [6.45, 7) is 0.242. The minimum absolute atomic E-state index is 0.242. The van der Waals surface area contributed by atoms with E-state index in [2.05, 4.69) is 0 Å². The fourth-order valence-electron chi connectivity index (χ4n) is 1.73.